The van der Waals surface area contributed by atoms with Crippen molar-refractivity contribution in [1.29, 1.82) is 0 Å². The molecule has 0 aromatic heterocycles. The van der Waals surface area contributed by atoms with E-state index in [2.05, 4.69) is 18.7 Å². The fourth-order valence-electron chi connectivity index (χ4n) is 2.12. The number of β-amino-alcohol motifs (C(OH)–C–C–N with tert-alkyl or cyclic N) is 1. The van der Waals surface area contributed by atoms with Gasteiger partial charge in [0.05, 0.1) is 12.7 Å². The summed E-state index contributed by atoms with van der Waals surface area (Å²) in [6.07, 6.45) is 0.924. The van der Waals surface area contributed by atoms with E-state index in [0.717, 1.165) is 31.5 Å². The molecule has 1 aliphatic heterocycles. The molecule has 0 aliphatic carbocycles. The van der Waals surface area contributed by atoms with Gasteiger partial charge in [0.25, 0.3) is 0 Å². The summed E-state index contributed by atoms with van der Waals surface area (Å²) in [4.78, 5) is 2.36. The van der Waals surface area contributed by atoms with Crippen molar-refractivity contribution in [1.82, 2.24) is 4.90 Å². The van der Waals surface area contributed by atoms with E-state index in [4.69, 9.17) is 4.74 Å². The molecular formula is C12H25NO2. The number of nitrogens with zero attached hydrogens (tertiary/aromatic N) is 1. The zero-order valence-corrected chi connectivity index (χ0v) is 10.3. The van der Waals surface area contributed by atoms with Crippen LogP contribution in [0.1, 0.15) is 27.2 Å². The van der Waals surface area contributed by atoms with Crippen LogP contribution in [0.3, 0.4) is 0 Å². The third-order valence-electron chi connectivity index (χ3n) is 3.40. The average molecular weight is 215 g/mol. The molecule has 1 N–H and O–H groups in total. The van der Waals surface area contributed by atoms with Gasteiger partial charge in [0.15, 0.2) is 0 Å². The lowest BCUT2D eigenvalue weighted by atomic mass is 9.88. The highest BCUT2D eigenvalue weighted by atomic mass is 16.5. The molecule has 0 bridgehead atoms. The lowest BCUT2D eigenvalue weighted by Gasteiger charge is -2.36. The highest BCUT2D eigenvalue weighted by molar-refractivity contribution is 4.76. The summed E-state index contributed by atoms with van der Waals surface area (Å²) < 4.78 is 5.21. The van der Waals surface area contributed by atoms with Gasteiger partial charge >= 0.3 is 0 Å². The fourth-order valence-corrected chi connectivity index (χ4v) is 2.12. The minimum Gasteiger partial charge on any atom is -0.389 e. The average Bonchev–Trinajstić information content (AvgIpc) is 2.20. The second-order valence-electron chi connectivity index (χ2n) is 4.82. The SMILES string of the molecule is CCOCC(O)CN1CCC(C)C(C)C1. The maximum atomic E-state index is 9.72. The number of aliphatic hydroxyl groups is 1. The molecule has 0 spiro atoms. The van der Waals surface area contributed by atoms with Gasteiger partial charge in [-0.3, -0.25) is 0 Å². The molecule has 0 saturated carbocycles. The Balaban J connectivity index is 2.21. The van der Waals surface area contributed by atoms with Gasteiger partial charge in [-0.2, -0.15) is 0 Å². The molecule has 3 nitrogen and oxygen atoms in total. The van der Waals surface area contributed by atoms with Gasteiger partial charge in [0, 0.05) is 19.7 Å². The van der Waals surface area contributed by atoms with Crippen LogP contribution in [-0.4, -0.2) is 49.0 Å². The van der Waals surface area contributed by atoms with Gasteiger partial charge in [-0.25, -0.2) is 0 Å². The second-order valence-corrected chi connectivity index (χ2v) is 4.82. The molecule has 3 heteroatoms. The molecule has 0 radical (unpaired) electrons. The molecule has 90 valence electrons. The van der Waals surface area contributed by atoms with Gasteiger partial charge in [-0.1, -0.05) is 13.8 Å². The predicted molar refractivity (Wildman–Crippen MR) is 61.9 cm³/mol. The van der Waals surface area contributed by atoms with Crippen LogP contribution in [0, 0.1) is 11.8 Å². The monoisotopic (exact) mass is 215 g/mol. The Bertz CT molecular complexity index is 175. The Kier molecular flexibility index (Phi) is 5.58. The van der Waals surface area contributed by atoms with Crippen LogP contribution in [0.25, 0.3) is 0 Å². The summed E-state index contributed by atoms with van der Waals surface area (Å²) in [5, 5.41) is 9.72. The Morgan fingerprint density at radius 3 is 2.73 bits per heavy atom. The predicted octanol–water partition coefficient (Wildman–Crippen LogP) is 1.36. The van der Waals surface area contributed by atoms with E-state index in [9.17, 15) is 5.11 Å². The van der Waals surface area contributed by atoms with Crippen LogP contribution in [0.5, 0.6) is 0 Å². The first-order chi connectivity index (χ1) is 7.13. The normalized spacial score (nSPS) is 30.4. The summed E-state index contributed by atoms with van der Waals surface area (Å²) in [6, 6.07) is 0. The highest BCUT2D eigenvalue weighted by Crippen LogP contribution is 2.22. The van der Waals surface area contributed by atoms with Crippen molar-refractivity contribution in [3.8, 4) is 0 Å². The fraction of sp³-hybridized carbons (Fsp3) is 1.00. The van der Waals surface area contributed by atoms with Crippen LogP contribution in [0.15, 0.2) is 0 Å². The summed E-state index contributed by atoms with van der Waals surface area (Å²) in [5.74, 6) is 1.57. The largest absolute Gasteiger partial charge is 0.389 e. The van der Waals surface area contributed by atoms with Gasteiger partial charge in [0.2, 0.25) is 0 Å². The number of ether oxygens (including phenoxy) is 1. The molecule has 0 amide bonds. The van der Waals surface area contributed by atoms with Crippen LogP contribution >= 0.6 is 0 Å². The Morgan fingerprint density at radius 1 is 1.40 bits per heavy atom. The summed E-state index contributed by atoms with van der Waals surface area (Å²) in [7, 11) is 0. The van der Waals surface area contributed by atoms with Crippen LogP contribution in [0.4, 0.5) is 0 Å². The van der Waals surface area contributed by atoms with E-state index in [-0.39, 0.29) is 6.10 Å². The Morgan fingerprint density at radius 2 is 2.13 bits per heavy atom. The maximum absolute atomic E-state index is 9.72. The summed E-state index contributed by atoms with van der Waals surface area (Å²) >= 11 is 0. The standard InChI is InChI=1S/C12H25NO2/c1-4-15-9-12(14)8-13-6-5-10(2)11(3)7-13/h10-12,14H,4-9H2,1-3H3. The number of hydrogen-bond acceptors (Lipinski definition) is 3. The number of aliphatic hydroxyl groups excluding tert-OH is 1. The van der Waals surface area contributed by atoms with E-state index in [1.807, 2.05) is 6.92 Å². The van der Waals surface area contributed by atoms with Crippen molar-refractivity contribution in [2.75, 3.05) is 32.8 Å². The van der Waals surface area contributed by atoms with E-state index in [1.54, 1.807) is 0 Å². The van der Waals surface area contributed by atoms with Crippen molar-refractivity contribution in [3.05, 3.63) is 0 Å². The molecule has 1 rings (SSSR count). The second kappa shape index (κ2) is 6.46. The number of hydrogen-bond donors (Lipinski definition) is 1. The first kappa shape index (κ1) is 12.9. The summed E-state index contributed by atoms with van der Waals surface area (Å²) in [6.45, 7) is 10.7. The Labute approximate surface area is 93.4 Å². The third-order valence-corrected chi connectivity index (χ3v) is 3.40. The van der Waals surface area contributed by atoms with Crippen molar-refractivity contribution in [3.63, 3.8) is 0 Å². The van der Waals surface area contributed by atoms with Crippen molar-refractivity contribution < 1.29 is 9.84 Å². The van der Waals surface area contributed by atoms with E-state index < -0.39 is 0 Å². The minimum absolute atomic E-state index is 0.328. The maximum Gasteiger partial charge on any atom is 0.0900 e. The van der Waals surface area contributed by atoms with Crippen molar-refractivity contribution >= 4 is 0 Å². The molecule has 0 aromatic rings. The number of likely N-dealkylation sites (tertiary alicyclic amines) is 1. The first-order valence-electron chi connectivity index (χ1n) is 6.11. The van der Waals surface area contributed by atoms with Gasteiger partial charge in [0.1, 0.15) is 0 Å². The van der Waals surface area contributed by atoms with Gasteiger partial charge in [-0.05, 0) is 31.7 Å². The molecule has 0 aromatic carbocycles. The highest BCUT2D eigenvalue weighted by Gasteiger charge is 2.23. The smallest absolute Gasteiger partial charge is 0.0900 e. The van der Waals surface area contributed by atoms with Crippen molar-refractivity contribution in [2.24, 2.45) is 11.8 Å². The molecular weight excluding hydrogens is 190 g/mol. The molecule has 1 saturated heterocycles. The van der Waals surface area contributed by atoms with E-state index >= 15 is 0 Å². The summed E-state index contributed by atoms with van der Waals surface area (Å²) in [5.41, 5.74) is 0. The Hall–Kier alpha value is -0.120. The number of rotatable bonds is 5. The van der Waals surface area contributed by atoms with Crippen LogP contribution in [-0.2, 0) is 4.74 Å². The van der Waals surface area contributed by atoms with Crippen LogP contribution < -0.4 is 0 Å². The van der Waals surface area contributed by atoms with E-state index in [1.165, 1.54) is 6.42 Å². The quantitative estimate of drug-likeness (QED) is 0.751. The lowest BCUT2D eigenvalue weighted by Crippen LogP contribution is -2.43. The minimum atomic E-state index is -0.328. The number of piperidine rings is 1. The van der Waals surface area contributed by atoms with Gasteiger partial charge < -0.3 is 14.7 Å². The molecule has 3 atom stereocenters. The van der Waals surface area contributed by atoms with Gasteiger partial charge in [-0.15, -0.1) is 0 Å². The lowest BCUT2D eigenvalue weighted by molar-refractivity contribution is 0.00890. The van der Waals surface area contributed by atoms with Crippen molar-refractivity contribution in [2.45, 2.75) is 33.3 Å². The molecule has 1 fully saturated rings. The first-order valence-corrected chi connectivity index (χ1v) is 6.11. The zero-order chi connectivity index (χ0) is 11.3. The zero-order valence-electron chi connectivity index (χ0n) is 10.3. The van der Waals surface area contributed by atoms with E-state index in [0.29, 0.717) is 13.2 Å². The molecule has 15 heavy (non-hydrogen) atoms. The van der Waals surface area contributed by atoms with Crippen LogP contribution in [0.2, 0.25) is 0 Å². The third kappa shape index (κ3) is 4.49. The molecule has 1 heterocycles. The topological polar surface area (TPSA) is 32.7 Å². The molecule has 3 unspecified atom stereocenters. The molecule has 1 aliphatic rings.